The number of nitrogens with one attached hydrogen (secondary N) is 1. The number of rotatable bonds is 5. The molecule has 1 N–H and O–H groups in total. The fourth-order valence-corrected chi connectivity index (χ4v) is 8.68. The second-order valence-electron chi connectivity index (χ2n) is 13.0. The maximum Gasteiger partial charge on any atom is 0.160 e. The number of fused-ring (bicyclic) bond motifs is 7. The molecular weight excluding hydrogens is 639 g/mol. The molecule has 0 bridgehead atoms. The highest BCUT2D eigenvalue weighted by molar-refractivity contribution is 7.22. The van der Waals surface area contributed by atoms with Crippen LogP contribution in [0.2, 0.25) is 0 Å². The van der Waals surface area contributed by atoms with Crippen LogP contribution in [0.3, 0.4) is 0 Å². The van der Waals surface area contributed by atoms with Crippen molar-refractivity contribution in [3.05, 3.63) is 187 Å². The Hall–Kier alpha value is -6.36. The molecule has 1 atom stereocenters. The predicted octanol–water partition coefficient (Wildman–Crippen LogP) is 12.7. The van der Waals surface area contributed by atoms with Crippen molar-refractivity contribution in [2.75, 3.05) is 5.32 Å². The summed E-state index contributed by atoms with van der Waals surface area (Å²) in [7, 11) is 0. The lowest BCUT2D eigenvalue weighted by atomic mass is 9.88. The van der Waals surface area contributed by atoms with E-state index in [9.17, 15) is 0 Å². The second-order valence-corrected chi connectivity index (χ2v) is 14.1. The normalized spacial score (nSPS) is 13.5. The number of aromatic nitrogens is 2. The summed E-state index contributed by atoms with van der Waals surface area (Å²) in [5, 5.41) is 7.81. The van der Waals surface area contributed by atoms with Crippen LogP contribution in [0.25, 0.3) is 76.3 Å². The first-order valence-corrected chi connectivity index (χ1v) is 18.1. The zero-order valence-corrected chi connectivity index (χ0v) is 28.4. The molecule has 240 valence electrons. The molecule has 0 amide bonds. The van der Waals surface area contributed by atoms with Crippen molar-refractivity contribution in [1.29, 1.82) is 0 Å². The van der Waals surface area contributed by atoms with Gasteiger partial charge in [-0.25, -0.2) is 9.97 Å². The van der Waals surface area contributed by atoms with Crippen LogP contribution in [0.5, 0.6) is 0 Å². The van der Waals surface area contributed by atoms with E-state index >= 15 is 0 Å². The molecular formula is C47H31N3S. The largest absolute Gasteiger partial charge is 0.373 e. The van der Waals surface area contributed by atoms with Gasteiger partial charge in [0, 0.05) is 42.8 Å². The number of benzene rings is 7. The van der Waals surface area contributed by atoms with Gasteiger partial charge < -0.3 is 5.32 Å². The summed E-state index contributed by atoms with van der Waals surface area (Å²) in [5.41, 5.74) is 12.3. The Labute approximate surface area is 300 Å². The monoisotopic (exact) mass is 669 g/mol. The van der Waals surface area contributed by atoms with E-state index in [2.05, 4.69) is 157 Å². The fourth-order valence-electron chi connectivity index (χ4n) is 7.40. The van der Waals surface area contributed by atoms with Gasteiger partial charge in [-0.2, -0.15) is 0 Å². The highest BCUT2D eigenvalue weighted by Crippen LogP contribution is 2.52. The minimum absolute atomic E-state index is 0.00692. The molecule has 10 rings (SSSR count). The third-order valence-corrected chi connectivity index (χ3v) is 11.2. The number of hydrogen-bond donors (Lipinski definition) is 1. The Morgan fingerprint density at radius 2 is 1.04 bits per heavy atom. The predicted molar refractivity (Wildman–Crippen MR) is 214 cm³/mol. The van der Waals surface area contributed by atoms with E-state index in [1.165, 1.54) is 59.2 Å². The average molecular weight is 670 g/mol. The molecule has 0 spiro atoms. The van der Waals surface area contributed by atoms with E-state index in [0.29, 0.717) is 5.82 Å². The summed E-state index contributed by atoms with van der Waals surface area (Å²) in [6.07, 6.45) is 0. The van der Waals surface area contributed by atoms with Gasteiger partial charge in [-0.1, -0.05) is 164 Å². The van der Waals surface area contributed by atoms with E-state index in [-0.39, 0.29) is 6.04 Å². The molecule has 1 aliphatic rings. The first-order valence-electron chi connectivity index (χ1n) is 17.3. The van der Waals surface area contributed by atoms with Gasteiger partial charge in [0.25, 0.3) is 0 Å². The third kappa shape index (κ3) is 5.20. The standard InChI is InChI=1S/C47H31N3S/c1-3-11-30(12-4-1)31-19-21-33(22-20-31)40-29-41(49-47(48-40)36-14-5-2-6-15-36)34-23-25-35(26-24-34)44-43-38-17-9-10-18-42(38)51-46(43)39-28-27-32-13-7-8-16-37(32)45(39)50-44/h1-29,44,50H. The van der Waals surface area contributed by atoms with Crippen LogP contribution in [0.1, 0.15) is 17.2 Å². The van der Waals surface area contributed by atoms with Gasteiger partial charge in [-0.15, -0.1) is 11.3 Å². The first-order chi connectivity index (χ1) is 25.3. The molecule has 3 nitrogen and oxygen atoms in total. The molecule has 2 aromatic heterocycles. The zero-order chi connectivity index (χ0) is 33.7. The lowest BCUT2D eigenvalue weighted by Crippen LogP contribution is -2.17. The van der Waals surface area contributed by atoms with Crippen molar-refractivity contribution in [1.82, 2.24) is 9.97 Å². The van der Waals surface area contributed by atoms with E-state index in [4.69, 9.17) is 9.97 Å². The Bertz CT molecular complexity index is 2700. The number of anilines is 1. The van der Waals surface area contributed by atoms with Crippen LogP contribution in [0.15, 0.2) is 176 Å². The Balaban J connectivity index is 1.06. The van der Waals surface area contributed by atoms with Crippen LogP contribution in [0.4, 0.5) is 5.69 Å². The summed E-state index contributed by atoms with van der Waals surface area (Å²) in [4.78, 5) is 11.5. The minimum Gasteiger partial charge on any atom is -0.373 e. The summed E-state index contributed by atoms with van der Waals surface area (Å²) in [6, 6.07) is 62.4. The van der Waals surface area contributed by atoms with Crippen molar-refractivity contribution in [2.45, 2.75) is 6.04 Å². The van der Waals surface area contributed by atoms with Crippen molar-refractivity contribution in [2.24, 2.45) is 0 Å². The van der Waals surface area contributed by atoms with E-state index in [0.717, 1.165) is 28.1 Å². The Morgan fingerprint density at radius 1 is 0.471 bits per heavy atom. The molecule has 1 unspecified atom stereocenters. The summed E-state index contributed by atoms with van der Waals surface area (Å²) >= 11 is 1.89. The maximum absolute atomic E-state index is 5.11. The summed E-state index contributed by atoms with van der Waals surface area (Å²) in [6.45, 7) is 0. The Kier molecular flexibility index (Phi) is 7.07. The van der Waals surface area contributed by atoms with Gasteiger partial charge in [0.1, 0.15) is 0 Å². The maximum atomic E-state index is 5.11. The molecule has 0 saturated carbocycles. The van der Waals surface area contributed by atoms with E-state index < -0.39 is 0 Å². The lowest BCUT2D eigenvalue weighted by molar-refractivity contribution is 0.949. The van der Waals surface area contributed by atoms with Crippen molar-refractivity contribution in [3.8, 4) is 55.5 Å². The number of thiophene rings is 1. The number of hydrogen-bond acceptors (Lipinski definition) is 4. The molecule has 9 aromatic rings. The van der Waals surface area contributed by atoms with E-state index in [1.807, 2.05) is 35.6 Å². The van der Waals surface area contributed by atoms with Gasteiger partial charge in [0.05, 0.1) is 23.1 Å². The van der Waals surface area contributed by atoms with Crippen LogP contribution < -0.4 is 5.32 Å². The lowest BCUT2D eigenvalue weighted by Gasteiger charge is -2.29. The molecule has 3 heterocycles. The molecule has 0 radical (unpaired) electrons. The summed E-state index contributed by atoms with van der Waals surface area (Å²) < 4.78 is 1.31. The Morgan fingerprint density at radius 3 is 1.76 bits per heavy atom. The van der Waals surface area contributed by atoms with Gasteiger partial charge in [-0.3, -0.25) is 0 Å². The first kappa shape index (κ1) is 29.5. The molecule has 0 fully saturated rings. The van der Waals surface area contributed by atoms with Crippen LogP contribution >= 0.6 is 11.3 Å². The molecule has 1 aliphatic heterocycles. The van der Waals surface area contributed by atoms with Crippen molar-refractivity contribution < 1.29 is 0 Å². The molecule has 4 heteroatoms. The minimum atomic E-state index is 0.00692. The van der Waals surface area contributed by atoms with Crippen LogP contribution in [0, 0.1) is 0 Å². The van der Waals surface area contributed by atoms with Crippen molar-refractivity contribution in [3.63, 3.8) is 0 Å². The number of nitrogens with zero attached hydrogens (tertiary/aromatic N) is 2. The fraction of sp³-hybridized carbons (Fsp3) is 0.0213. The third-order valence-electron chi connectivity index (χ3n) is 9.97. The highest BCUT2D eigenvalue weighted by atomic mass is 32.1. The van der Waals surface area contributed by atoms with Gasteiger partial charge >= 0.3 is 0 Å². The van der Waals surface area contributed by atoms with E-state index in [1.54, 1.807) is 0 Å². The van der Waals surface area contributed by atoms with Crippen LogP contribution in [-0.2, 0) is 0 Å². The van der Waals surface area contributed by atoms with Gasteiger partial charge in [0.2, 0.25) is 0 Å². The van der Waals surface area contributed by atoms with Crippen LogP contribution in [-0.4, -0.2) is 9.97 Å². The zero-order valence-electron chi connectivity index (χ0n) is 27.6. The van der Waals surface area contributed by atoms with Gasteiger partial charge in [-0.05, 0) is 39.6 Å². The molecule has 51 heavy (non-hydrogen) atoms. The molecule has 7 aromatic carbocycles. The van der Waals surface area contributed by atoms with Crippen molar-refractivity contribution >= 4 is 37.9 Å². The van der Waals surface area contributed by atoms with Gasteiger partial charge in [0.15, 0.2) is 5.82 Å². The summed E-state index contributed by atoms with van der Waals surface area (Å²) in [5.74, 6) is 0.714. The quantitative estimate of drug-likeness (QED) is 0.198. The average Bonchev–Trinajstić information content (AvgIpc) is 3.61. The molecule has 0 saturated heterocycles. The highest BCUT2D eigenvalue weighted by Gasteiger charge is 2.30. The smallest absolute Gasteiger partial charge is 0.160 e. The topological polar surface area (TPSA) is 37.8 Å². The SMILES string of the molecule is c1ccc(-c2ccc(-c3cc(-c4ccc(C5Nc6c(ccc7ccccc67)-c6sc7ccccc7c65)cc4)nc(-c4ccccc4)n3)cc2)cc1. The second kappa shape index (κ2) is 12.2. The molecule has 0 aliphatic carbocycles.